The number of benzene rings is 2. The van der Waals surface area contributed by atoms with E-state index in [1.165, 1.54) is 0 Å². The molecule has 2 aromatic rings. The lowest BCUT2D eigenvalue weighted by atomic mass is 10.1. The molecule has 6 nitrogen and oxygen atoms in total. The largest absolute Gasteiger partial charge is 0.497 e. The molecule has 0 aliphatic carbocycles. The highest BCUT2D eigenvalue weighted by molar-refractivity contribution is 5.79. The molecule has 0 heterocycles. The average molecular weight is 357 g/mol. The summed E-state index contributed by atoms with van der Waals surface area (Å²) < 4.78 is 10.6. The van der Waals surface area contributed by atoms with E-state index in [0.717, 1.165) is 34.7 Å². The number of methoxy groups -OCH3 is 2. The first-order chi connectivity index (χ1) is 12.7. The molecule has 0 saturated heterocycles. The van der Waals surface area contributed by atoms with Crippen molar-refractivity contribution >= 4 is 5.96 Å². The molecule has 6 heteroatoms. The van der Waals surface area contributed by atoms with Gasteiger partial charge in [-0.15, -0.1) is 0 Å². The van der Waals surface area contributed by atoms with E-state index < -0.39 is 0 Å². The van der Waals surface area contributed by atoms with Gasteiger partial charge in [0.1, 0.15) is 11.5 Å². The maximum Gasteiger partial charge on any atom is 0.191 e. The van der Waals surface area contributed by atoms with Crippen molar-refractivity contribution in [3.63, 3.8) is 0 Å². The van der Waals surface area contributed by atoms with Crippen LogP contribution in [-0.2, 0) is 19.7 Å². The second-order valence-electron chi connectivity index (χ2n) is 5.65. The number of hydrogen-bond acceptors (Lipinski definition) is 4. The zero-order valence-electron chi connectivity index (χ0n) is 15.6. The van der Waals surface area contributed by atoms with E-state index in [9.17, 15) is 5.11 Å². The molecule has 3 N–H and O–H groups in total. The third kappa shape index (κ3) is 5.39. The summed E-state index contributed by atoms with van der Waals surface area (Å²) >= 11 is 0. The van der Waals surface area contributed by atoms with Crippen molar-refractivity contribution in [1.82, 2.24) is 10.6 Å². The summed E-state index contributed by atoms with van der Waals surface area (Å²) in [6.45, 7) is 3.86. The van der Waals surface area contributed by atoms with Gasteiger partial charge in [0.25, 0.3) is 0 Å². The predicted octanol–water partition coefficient (Wildman–Crippen LogP) is 2.45. The van der Waals surface area contributed by atoms with E-state index in [-0.39, 0.29) is 6.61 Å². The second-order valence-corrected chi connectivity index (χ2v) is 5.65. The number of rotatable bonds is 8. The van der Waals surface area contributed by atoms with Gasteiger partial charge in [0.15, 0.2) is 5.96 Å². The molecule has 0 aliphatic heterocycles. The Morgan fingerprint density at radius 1 is 1.00 bits per heavy atom. The first kappa shape index (κ1) is 19.6. The SMILES string of the molecule is CCNC(=NCc1ccc(OC)cc1OC)NCc1ccccc1CO. The summed E-state index contributed by atoms with van der Waals surface area (Å²) in [4.78, 5) is 4.63. The summed E-state index contributed by atoms with van der Waals surface area (Å²) in [5.74, 6) is 2.20. The van der Waals surface area contributed by atoms with Gasteiger partial charge in [0.2, 0.25) is 0 Å². The van der Waals surface area contributed by atoms with Gasteiger partial charge in [-0.05, 0) is 30.2 Å². The van der Waals surface area contributed by atoms with Crippen LogP contribution >= 0.6 is 0 Å². The lowest BCUT2D eigenvalue weighted by Gasteiger charge is -2.14. The van der Waals surface area contributed by atoms with Crippen molar-refractivity contribution < 1.29 is 14.6 Å². The van der Waals surface area contributed by atoms with E-state index >= 15 is 0 Å². The van der Waals surface area contributed by atoms with Crippen molar-refractivity contribution in [2.24, 2.45) is 4.99 Å². The number of aliphatic imine (C=N–C) groups is 1. The van der Waals surface area contributed by atoms with Crippen LogP contribution in [0.25, 0.3) is 0 Å². The van der Waals surface area contributed by atoms with Crippen LogP contribution in [0.4, 0.5) is 0 Å². The molecule has 2 rings (SSSR count). The van der Waals surface area contributed by atoms with Crippen LogP contribution in [0, 0.1) is 0 Å². The lowest BCUT2D eigenvalue weighted by molar-refractivity contribution is 0.280. The highest BCUT2D eigenvalue weighted by atomic mass is 16.5. The normalized spacial score (nSPS) is 11.2. The predicted molar refractivity (Wildman–Crippen MR) is 104 cm³/mol. The molecule has 0 amide bonds. The van der Waals surface area contributed by atoms with Crippen molar-refractivity contribution in [1.29, 1.82) is 0 Å². The summed E-state index contributed by atoms with van der Waals surface area (Å²) in [6.07, 6.45) is 0. The van der Waals surface area contributed by atoms with Crippen LogP contribution in [0.3, 0.4) is 0 Å². The minimum atomic E-state index is 0.0224. The highest BCUT2D eigenvalue weighted by Crippen LogP contribution is 2.25. The fraction of sp³-hybridized carbons (Fsp3) is 0.350. The number of hydrogen-bond donors (Lipinski definition) is 3. The standard InChI is InChI=1S/C20H27N3O3/c1-4-21-20(22-12-15-7-5-6-8-17(15)14-24)23-13-16-9-10-18(25-2)11-19(16)26-3/h5-11,24H,4,12-14H2,1-3H3,(H2,21,22,23). The quantitative estimate of drug-likeness (QED) is 0.500. The molecule has 140 valence electrons. The van der Waals surface area contributed by atoms with Gasteiger partial charge in [-0.25, -0.2) is 4.99 Å². The van der Waals surface area contributed by atoms with E-state index in [1.54, 1.807) is 14.2 Å². The number of guanidine groups is 1. The number of nitrogens with zero attached hydrogens (tertiary/aromatic N) is 1. The molecule has 0 saturated carbocycles. The summed E-state index contributed by atoms with van der Waals surface area (Å²) in [6, 6.07) is 13.5. The lowest BCUT2D eigenvalue weighted by Crippen LogP contribution is -2.37. The molecule has 0 fully saturated rings. The Labute approximate surface area is 154 Å². The minimum absolute atomic E-state index is 0.0224. The molecule has 26 heavy (non-hydrogen) atoms. The minimum Gasteiger partial charge on any atom is -0.497 e. The number of aliphatic hydroxyl groups is 1. The zero-order chi connectivity index (χ0) is 18.8. The van der Waals surface area contributed by atoms with Crippen LogP contribution in [0.5, 0.6) is 11.5 Å². The smallest absolute Gasteiger partial charge is 0.191 e. The molecule has 2 aromatic carbocycles. The van der Waals surface area contributed by atoms with Crippen molar-refractivity contribution in [3.8, 4) is 11.5 Å². The number of ether oxygens (including phenoxy) is 2. The van der Waals surface area contributed by atoms with Gasteiger partial charge in [0, 0.05) is 24.7 Å². The third-order valence-corrected chi connectivity index (χ3v) is 3.98. The maximum absolute atomic E-state index is 9.44. The van der Waals surface area contributed by atoms with E-state index in [0.29, 0.717) is 19.0 Å². The number of aliphatic hydroxyl groups excluding tert-OH is 1. The Kier molecular flexibility index (Phi) is 7.76. The van der Waals surface area contributed by atoms with Gasteiger partial charge in [-0.2, -0.15) is 0 Å². The molecular weight excluding hydrogens is 330 g/mol. The zero-order valence-corrected chi connectivity index (χ0v) is 15.6. The Morgan fingerprint density at radius 3 is 2.42 bits per heavy atom. The van der Waals surface area contributed by atoms with E-state index in [4.69, 9.17) is 9.47 Å². The third-order valence-electron chi connectivity index (χ3n) is 3.98. The van der Waals surface area contributed by atoms with E-state index in [2.05, 4.69) is 15.6 Å². The van der Waals surface area contributed by atoms with Gasteiger partial charge in [0.05, 0.1) is 27.4 Å². The van der Waals surface area contributed by atoms with Crippen LogP contribution in [0.2, 0.25) is 0 Å². The van der Waals surface area contributed by atoms with E-state index in [1.807, 2.05) is 49.4 Å². The summed E-state index contributed by atoms with van der Waals surface area (Å²) in [5, 5.41) is 16.0. The fourth-order valence-corrected chi connectivity index (χ4v) is 2.55. The molecule has 0 atom stereocenters. The van der Waals surface area contributed by atoms with Crippen LogP contribution < -0.4 is 20.1 Å². The summed E-state index contributed by atoms with van der Waals surface area (Å²) in [7, 11) is 3.27. The van der Waals surface area contributed by atoms with Gasteiger partial charge >= 0.3 is 0 Å². The van der Waals surface area contributed by atoms with Gasteiger partial charge in [-0.3, -0.25) is 0 Å². The van der Waals surface area contributed by atoms with Crippen LogP contribution in [0.15, 0.2) is 47.5 Å². The Morgan fingerprint density at radius 2 is 1.77 bits per heavy atom. The molecule has 0 bridgehead atoms. The summed E-state index contributed by atoms with van der Waals surface area (Å²) in [5.41, 5.74) is 2.93. The Balaban J connectivity index is 2.09. The van der Waals surface area contributed by atoms with Crippen LogP contribution in [0.1, 0.15) is 23.6 Å². The average Bonchev–Trinajstić information content (AvgIpc) is 2.70. The van der Waals surface area contributed by atoms with Crippen molar-refractivity contribution in [3.05, 3.63) is 59.2 Å². The van der Waals surface area contributed by atoms with Crippen molar-refractivity contribution in [2.45, 2.75) is 26.6 Å². The Bertz CT molecular complexity index is 732. The first-order valence-corrected chi connectivity index (χ1v) is 8.62. The van der Waals surface area contributed by atoms with Crippen LogP contribution in [-0.4, -0.2) is 31.8 Å². The maximum atomic E-state index is 9.44. The molecular formula is C20H27N3O3. The molecule has 0 aromatic heterocycles. The number of nitrogens with one attached hydrogen (secondary N) is 2. The fourth-order valence-electron chi connectivity index (χ4n) is 2.55. The molecule has 0 radical (unpaired) electrons. The molecule has 0 spiro atoms. The topological polar surface area (TPSA) is 75.1 Å². The van der Waals surface area contributed by atoms with Crippen molar-refractivity contribution in [2.75, 3.05) is 20.8 Å². The highest BCUT2D eigenvalue weighted by Gasteiger charge is 2.06. The second kappa shape index (κ2) is 10.3. The molecule has 0 aliphatic rings. The first-order valence-electron chi connectivity index (χ1n) is 8.62. The Hall–Kier alpha value is -2.73. The van der Waals surface area contributed by atoms with Gasteiger partial charge < -0.3 is 25.2 Å². The molecule has 0 unspecified atom stereocenters. The monoisotopic (exact) mass is 357 g/mol. The van der Waals surface area contributed by atoms with Gasteiger partial charge in [-0.1, -0.05) is 24.3 Å².